The van der Waals surface area contributed by atoms with E-state index < -0.39 is 0 Å². The number of aliphatic hydroxyl groups excluding tert-OH is 2. The maximum atomic E-state index is 11.5. The maximum absolute atomic E-state index is 11.5. The van der Waals surface area contributed by atoms with Gasteiger partial charge in [0, 0.05) is 82.4 Å². The summed E-state index contributed by atoms with van der Waals surface area (Å²) in [4.78, 5) is 35.8. The molecule has 15 nitrogen and oxygen atoms in total. The number of ether oxygens (including phenoxy) is 5. The van der Waals surface area contributed by atoms with Crippen LogP contribution in [0, 0.1) is 40.9 Å². The first kappa shape index (κ1) is 86.6. The molecule has 576 valence electrons. The van der Waals surface area contributed by atoms with Crippen molar-refractivity contribution >= 4 is 11.6 Å². The minimum Gasteiger partial charge on any atom is -0.494 e. The minimum absolute atomic E-state index is 0.181. The van der Waals surface area contributed by atoms with Gasteiger partial charge in [-0.25, -0.2) is 0 Å². The van der Waals surface area contributed by atoms with Crippen molar-refractivity contribution in [3.8, 4) is 34.8 Å². The average Bonchev–Trinajstić information content (AvgIpc) is 0.915. The number of nitriles is 1. The van der Waals surface area contributed by atoms with Crippen LogP contribution in [0.15, 0.2) is 121 Å². The first-order valence-electron chi connectivity index (χ1n) is 40.5. The Labute approximate surface area is 629 Å². The number of Topliss-reactive ketones (excluding diaryl/α,β-unsaturated/α-hetero) is 2. The summed E-state index contributed by atoms with van der Waals surface area (Å²) < 4.78 is 28.8. The van der Waals surface area contributed by atoms with Crippen molar-refractivity contribution < 1.29 is 43.5 Å². The molecule has 5 aromatic rings. The predicted octanol–water partition coefficient (Wildman–Crippen LogP) is 18.3. The molecular weight excluding hydrogens is 1300 g/mol. The molecular formula is C89H136N6O9. The van der Waals surface area contributed by atoms with Gasteiger partial charge in [-0.2, -0.15) is 5.26 Å². The number of aliphatic hydroxyl groups is 2. The SMILES string of the molecule is CCC(=O)c1ccc(OCCCN2CCC(C)CC2)cc1.CCC(=O)c1ccc(OCCCN2CCCCC2C)cc1.CCC(O)c1ccc(OCCCN2CCC(C)CC2)cc1.CCC(O)c1ccc(OCCCN2CCCC(C)C2)cc1.C[C@@H]1C[C@H](C)CN(CCCOc2ccc(C#N)cc2)C1. The second-order valence-electron chi connectivity index (χ2n) is 30.4. The van der Waals surface area contributed by atoms with E-state index in [-0.39, 0.29) is 23.8 Å². The Hall–Kier alpha value is -6.35. The number of benzene rings is 5. The first-order chi connectivity index (χ1) is 50.4. The minimum atomic E-state index is -0.361. The normalized spacial score (nSPS) is 19.8. The van der Waals surface area contributed by atoms with E-state index in [1.54, 1.807) is 12.1 Å². The molecule has 0 spiro atoms. The molecule has 104 heavy (non-hydrogen) atoms. The highest BCUT2D eigenvalue weighted by molar-refractivity contribution is 5.96. The topological polar surface area (TPSA) is 161 Å². The van der Waals surface area contributed by atoms with Crippen LogP contribution >= 0.6 is 0 Å². The van der Waals surface area contributed by atoms with Crippen LogP contribution in [0.1, 0.15) is 241 Å². The van der Waals surface area contributed by atoms with E-state index in [4.69, 9.17) is 28.9 Å². The summed E-state index contributed by atoms with van der Waals surface area (Å²) in [6, 6.07) is 40.8. The van der Waals surface area contributed by atoms with Gasteiger partial charge in [-0.05, 0) is 287 Å². The standard InChI is InChI=1S/C18H29NO2.C18H27NO2.C18H29NO2.C18H27NO2.C17H24N2O/c2*1-3-18(20)16-5-7-17(8-6-16)21-14-4-11-19-12-9-15(2)10-13-19;1-3-18(20)16-7-9-17(10-8-16)21-13-5-12-19-11-4-6-15(2)14-19;1-3-18(20)16-8-10-17(11-9-16)21-14-6-13-19-12-5-4-7-15(19)2;1-14-10-15(2)13-19(12-14)8-3-9-20-17-6-4-16(11-18)5-7-17/h5-8,15,18,20H,3-4,9-14H2,1-2H3;5-8,15H,3-4,9-14H2,1-2H3;7-10,15,18,20H,3-6,11-14H2,1-2H3;8-11,15H,3-7,12-14H2,1-2H3;4-7,14-15H,3,8-10,12-13H2,1-2H3/t;;;;14-,15+. The van der Waals surface area contributed by atoms with Gasteiger partial charge in [0.05, 0.1) is 56.9 Å². The van der Waals surface area contributed by atoms with Crippen molar-refractivity contribution in [1.82, 2.24) is 24.5 Å². The molecule has 5 fully saturated rings. The third-order valence-corrected chi connectivity index (χ3v) is 21.1. The number of ketones is 2. The van der Waals surface area contributed by atoms with Gasteiger partial charge in [0.25, 0.3) is 0 Å². The molecule has 5 heterocycles. The van der Waals surface area contributed by atoms with Gasteiger partial charge in [-0.15, -0.1) is 0 Å². The number of rotatable bonds is 33. The molecule has 0 amide bonds. The van der Waals surface area contributed by atoms with Crippen LogP contribution in [0.3, 0.4) is 0 Å². The smallest absolute Gasteiger partial charge is 0.162 e. The quantitative estimate of drug-likeness (QED) is 0.0301. The van der Waals surface area contributed by atoms with Crippen molar-refractivity contribution in [3.63, 3.8) is 0 Å². The Kier molecular flexibility index (Phi) is 41.8. The van der Waals surface area contributed by atoms with Crippen LogP contribution in [0.25, 0.3) is 0 Å². The third kappa shape index (κ3) is 34.5. The Morgan fingerprint density at radius 3 is 1.12 bits per heavy atom. The monoisotopic (exact) mass is 1430 g/mol. The summed E-state index contributed by atoms with van der Waals surface area (Å²) in [5.74, 6) is 8.99. The number of hydrogen-bond donors (Lipinski definition) is 2. The van der Waals surface area contributed by atoms with Crippen LogP contribution in [-0.4, -0.2) is 177 Å². The summed E-state index contributed by atoms with van der Waals surface area (Å²) in [5, 5.41) is 28.2. The predicted molar refractivity (Wildman–Crippen MR) is 426 cm³/mol. The first-order valence-corrected chi connectivity index (χ1v) is 40.5. The van der Waals surface area contributed by atoms with Crippen molar-refractivity contribution in [2.24, 2.45) is 29.6 Å². The molecule has 5 saturated heterocycles. The second kappa shape index (κ2) is 50.3. The van der Waals surface area contributed by atoms with Gasteiger partial charge in [-0.1, -0.05) is 93.0 Å². The van der Waals surface area contributed by atoms with Crippen molar-refractivity contribution in [3.05, 3.63) is 149 Å². The fourth-order valence-electron chi connectivity index (χ4n) is 14.4. The van der Waals surface area contributed by atoms with E-state index in [0.717, 1.165) is 197 Å². The summed E-state index contributed by atoms with van der Waals surface area (Å²) in [6.45, 7) is 42.3. The fourth-order valence-corrected chi connectivity index (χ4v) is 14.4. The third-order valence-electron chi connectivity index (χ3n) is 21.1. The molecule has 10 rings (SSSR count). The lowest BCUT2D eigenvalue weighted by Gasteiger charge is -2.34. The fraction of sp³-hybridized carbons (Fsp3) is 0.629. The molecule has 0 radical (unpaired) electrons. The van der Waals surface area contributed by atoms with E-state index in [2.05, 4.69) is 72.1 Å². The van der Waals surface area contributed by atoms with Crippen LogP contribution in [0.2, 0.25) is 0 Å². The molecule has 15 heteroatoms. The van der Waals surface area contributed by atoms with Gasteiger partial charge < -0.3 is 58.4 Å². The number of carbonyl (C=O) groups is 2. The Balaban J connectivity index is 0.000000204. The van der Waals surface area contributed by atoms with Crippen LogP contribution < -0.4 is 23.7 Å². The van der Waals surface area contributed by atoms with Crippen molar-refractivity contribution in [2.75, 3.05) is 125 Å². The number of carbonyl (C=O) groups excluding carboxylic acids is 2. The zero-order valence-electron chi connectivity index (χ0n) is 66.0. The highest BCUT2D eigenvalue weighted by Gasteiger charge is 2.23. The highest BCUT2D eigenvalue weighted by atomic mass is 16.5. The zero-order chi connectivity index (χ0) is 74.7. The zero-order valence-corrected chi connectivity index (χ0v) is 66.0. The molecule has 2 N–H and O–H groups in total. The number of likely N-dealkylation sites (tertiary alicyclic amines) is 5. The van der Waals surface area contributed by atoms with Gasteiger partial charge in [0.1, 0.15) is 28.7 Å². The lowest BCUT2D eigenvalue weighted by Crippen LogP contribution is -2.39. The van der Waals surface area contributed by atoms with E-state index in [1.165, 1.54) is 123 Å². The lowest BCUT2D eigenvalue weighted by atomic mass is 9.92. The molecule has 5 aliphatic rings. The van der Waals surface area contributed by atoms with Crippen molar-refractivity contribution in [2.45, 2.75) is 209 Å². The van der Waals surface area contributed by atoms with Gasteiger partial charge in [0.2, 0.25) is 0 Å². The molecule has 4 unspecified atom stereocenters. The number of piperidine rings is 5. The van der Waals surface area contributed by atoms with Gasteiger partial charge in [0.15, 0.2) is 11.6 Å². The van der Waals surface area contributed by atoms with Gasteiger partial charge >= 0.3 is 0 Å². The Morgan fingerprint density at radius 1 is 0.404 bits per heavy atom. The maximum Gasteiger partial charge on any atom is 0.162 e. The summed E-state index contributed by atoms with van der Waals surface area (Å²) in [6.07, 6.45) is 20.6. The largest absolute Gasteiger partial charge is 0.494 e. The molecule has 0 saturated carbocycles. The summed E-state index contributed by atoms with van der Waals surface area (Å²) >= 11 is 0. The molecule has 0 aliphatic carbocycles. The van der Waals surface area contributed by atoms with Crippen LogP contribution in [-0.2, 0) is 0 Å². The highest BCUT2D eigenvalue weighted by Crippen LogP contribution is 2.26. The second-order valence-corrected chi connectivity index (χ2v) is 30.4. The number of nitrogens with zero attached hydrogens (tertiary/aromatic N) is 6. The van der Waals surface area contributed by atoms with Crippen molar-refractivity contribution in [1.29, 1.82) is 5.26 Å². The van der Waals surface area contributed by atoms with Crippen LogP contribution in [0.5, 0.6) is 28.7 Å². The van der Waals surface area contributed by atoms with E-state index in [0.29, 0.717) is 18.4 Å². The Bertz CT molecular complexity index is 3080. The molecule has 6 atom stereocenters. The van der Waals surface area contributed by atoms with E-state index >= 15 is 0 Å². The molecule has 5 aliphatic heterocycles. The average molecular weight is 1430 g/mol. The lowest BCUT2D eigenvalue weighted by molar-refractivity contribution is 0.0980. The molecule has 0 bridgehead atoms. The van der Waals surface area contributed by atoms with E-state index in [1.807, 2.05) is 137 Å². The van der Waals surface area contributed by atoms with E-state index in [9.17, 15) is 19.8 Å². The Morgan fingerprint density at radius 2 is 0.760 bits per heavy atom. The molecule has 0 aromatic heterocycles. The van der Waals surface area contributed by atoms with Gasteiger partial charge in [-0.3, -0.25) is 9.59 Å². The number of hydrogen-bond acceptors (Lipinski definition) is 15. The summed E-state index contributed by atoms with van der Waals surface area (Å²) in [7, 11) is 0. The summed E-state index contributed by atoms with van der Waals surface area (Å²) in [5.41, 5.74) is 4.15. The molecule has 5 aromatic carbocycles. The van der Waals surface area contributed by atoms with Crippen LogP contribution in [0.4, 0.5) is 0 Å².